The molecule has 6 heteroatoms. The molecule has 0 aromatic heterocycles. The van der Waals surface area contributed by atoms with E-state index in [0.717, 1.165) is 0 Å². The molecule has 1 rings (SSSR count). The molecule has 1 aromatic carbocycles. The first kappa shape index (κ1) is 12.2. The Labute approximate surface area is 87.7 Å². The van der Waals surface area contributed by atoms with Crippen LogP contribution in [-0.2, 0) is 0 Å². The Kier molecular flexibility index (Phi) is 3.23. The zero-order valence-electron chi connectivity index (χ0n) is 7.50. The van der Waals surface area contributed by atoms with Crippen LogP contribution < -0.4 is 0 Å². The largest absolute Gasteiger partial charge is 0.409 e. The smallest absolute Gasteiger partial charge is 0.207 e. The van der Waals surface area contributed by atoms with Crippen molar-refractivity contribution in [2.75, 3.05) is 0 Å². The Morgan fingerprint density at radius 2 is 1.67 bits per heavy atom. The van der Waals surface area contributed by atoms with Crippen LogP contribution in [0.15, 0.2) is 12.1 Å². The summed E-state index contributed by atoms with van der Waals surface area (Å²) < 4.78 is 62.4. The van der Waals surface area contributed by atoms with Gasteiger partial charge in [-0.1, -0.05) is 0 Å². The molecule has 1 atom stereocenters. The maximum absolute atomic E-state index is 13.1. The summed E-state index contributed by atoms with van der Waals surface area (Å²) in [6, 6.07) is 1.15. The molecule has 0 aliphatic heterocycles. The van der Waals surface area contributed by atoms with Gasteiger partial charge < -0.3 is 0 Å². The van der Waals surface area contributed by atoms with Crippen LogP contribution in [0.25, 0.3) is 0 Å². The highest BCUT2D eigenvalue weighted by Crippen LogP contribution is 2.39. The first-order valence-corrected chi connectivity index (χ1v) is 4.33. The van der Waals surface area contributed by atoms with Crippen LogP contribution in [0.2, 0.25) is 0 Å². The van der Waals surface area contributed by atoms with Gasteiger partial charge in [0.05, 0.1) is 0 Å². The van der Waals surface area contributed by atoms with Gasteiger partial charge in [-0.25, -0.2) is 8.78 Å². The minimum atomic E-state index is -4.80. The van der Waals surface area contributed by atoms with Gasteiger partial charge in [0, 0.05) is 5.56 Å². The van der Waals surface area contributed by atoms with Crippen molar-refractivity contribution in [3.63, 3.8) is 0 Å². The minimum Gasteiger partial charge on any atom is -0.207 e. The quantitative estimate of drug-likeness (QED) is 0.515. The van der Waals surface area contributed by atoms with Crippen LogP contribution in [0.1, 0.15) is 16.5 Å². The number of benzene rings is 1. The van der Waals surface area contributed by atoms with Crippen LogP contribution in [0, 0.1) is 18.6 Å². The summed E-state index contributed by atoms with van der Waals surface area (Å²) in [4.78, 5) is 0. The summed E-state index contributed by atoms with van der Waals surface area (Å²) in [5, 5.41) is -2.53. The van der Waals surface area contributed by atoms with E-state index < -0.39 is 28.8 Å². The molecule has 0 aliphatic carbocycles. The molecular weight excluding hydrogens is 239 g/mol. The summed E-state index contributed by atoms with van der Waals surface area (Å²) in [6.07, 6.45) is -4.80. The summed E-state index contributed by atoms with van der Waals surface area (Å²) in [6.45, 7) is 1.25. The normalized spacial score (nSPS) is 14.1. The van der Waals surface area contributed by atoms with Gasteiger partial charge in [0.15, 0.2) is 5.38 Å². The van der Waals surface area contributed by atoms with Crippen LogP contribution >= 0.6 is 11.6 Å². The number of hydrogen-bond acceptors (Lipinski definition) is 0. The standard InChI is InChI=1S/C9H6ClF5/c1-4-2-7(12)5(3-6(4)11)8(10)9(13,14)15/h2-3,8H,1H3. The highest BCUT2D eigenvalue weighted by atomic mass is 35.5. The maximum Gasteiger partial charge on any atom is 0.409 e. The van der Waals surface area contributed by atoms with E-state index in [9.17, 15) is 22.0 Å². The zero-order chi connectivity index (χ0) is 11.8. The average Bonchev–Trinajstić information content (AvgIpc) is 2.08. The molecule has 0 nitrogen and oxygen atoms in total. The molecule has 0 bridgehead atoms. The van der Waals surface area contributed by atoms with Crippen molar-refractivity contribution in [3.8, 4) is 0 Å². The predicted octanol–water partition coefficient (Wildman–Crippen LogP) is 4.12. The number of alkyl halides is 4. The zero-order valence-corrected chi connectivity index (χ0v) is 8.26. The molecule has 0 saturated carbocycles. The lowest BCUT2D eigenvalue weighted by atomic mass is 10.1. The van der Waals surface area contributed by atoms with E-state index in [1.54, 1.807) is 0 Å². The van der Waals surface area contributed by atoms with Gasteiger partial charge in [0.1, 0.15) is 11.6 Å². The third kappa shape index (κ3) is 2.59. The molecule has 0 amide bonds. The van der Waals surface area contributed by atoms with E-state index in [2.05, 4.69) is 0 Å². The summed E-state index contributed by atoms with van der Waals surface area (Å²) in [5.74, 6) is -2.08. The first-order valence-electron chi connectivity index (χ1n) is 3.90. The predicted molar refractivity (Wildman–Crippen MR) is 45.7 cm³/mol. The van der Waals surface area contributed by atoms with E-state index in [1.165, 1.54) is 6.92 Å². The van der Waals surface area contributed by atoms with Gasteiger partial charge in [0.2, 0.25) is 0 Å². The maximum atomic E-state index is 13.1. The molecule has 1 aromatic rings. The molecule has 1 unspecified atom stereocenters. The van der Waals surface area contributed by atoms with Crippen molar-refractivity contribution >= 4 is 11.6 Å². The Morgan fingerprint density at radius 3 is 2.13 bits per heavy atom. The highest BCUT2D eigenvalue weighted by molar-refractivity contribution is 6.21. The summed E-state index contributed by atoms with van der Waals surface area (Å²) >= 11 is 4.98. The van der Waals surface area contributed by atoms with Gasteiger partial charge in [-0.05, 0) is 24.6 Å². The van der Waals surface area contributed by atoms with Gasteiger partial charge in [0.25, 0.3) is 0 Å². The second-order valence-electron chi connectivity index (χ2n) is 3.03. The molecular formula is C9H6ClF5. The molecule has 0 spiro atoms. The number of rotatable bonds is 1. The van der Waals surface area contributed by atoms with Gasteiger partial charge in [-0.15, -0.1) is 11.6 Å². The molecule has 0 saturated heterocycles. The summed E-state index contributed by atoms with van der Waals surface area (Å²) in [5.41, 5.74) is -0.963. The average molecular weight is 245 g/mol. The SMILES string of the molecule is Cc1cc(F)c(C(Cl)C(F)(F)F)cc1F. The van der Waals surface area contributed by atoms with Crippen LogP contribution in [0.3, 0.4) is 0 Å². The highest BCUT2D eigenvalue weighted by Gasteiger charge is 2.41. The topological polar surface area (TPSA) is 0 Å². The fourth-order valence-corrected chi connectivity index (χ4v) is 1.20. The van der Waals surface area contributed by atoms with Gasteiger partial charge >= 0.3 is 6.18 Å². The van der Waals surface area contributed by atoms with Gasteiger partial charge in [-0.2, -0.15) is 13.2 Å². The lowest BCUT2D eigenvalue weighted by Crippen LogP contribution is -2.17. The van der Waals surface area contributed by atoms with Crippen molar-refractivity contribution in [1.82, 2.24) is 0 Å². The van der Waals surface area contributed by atoms with E-state index in [0.29, 0.717) is 12.1 Å². The van der Waals surface area contributed by atoms with Crippen LogP contribution in [-0.4, -0.2) is 6.18 Å². The van der Waals surface area contributed by atoms with Crippen molar-refractivity contribution in [2.24, 2.45) is 0 Å². The van der Waals surface area contributed by atoms with Crippen molar-refractivity contribution in [3.05, 3.63) is 34.9 Å². The monoisotopic (exact) mass is 244 g/mol. The van der Waals surface area contributed by atoms with Crippen molar-refractivity contribution < 1.29 is 22.0 Å². The van der Waals surface area contributed by atoms with Crippen molar-refractivity contribution in [1.29, 1.82) is 0 Å². The third-order valence-electron chi connectivity index (χ3n) is 1.84. The lowest BCUT2D eigenvalue weighted by Gasteiger charge is -2.15. The first-order chi connectivity index (χ1) is 6.73. The Bertz CT molecular complexity index is 372. The molecule has 0 N–H and O–H groups in total. The minimum absolute atomic E-state index is 0.0673. The number of halogens is 6. The second kappa shape index (κ2) is 3.96. The molecule has 84 valence electrons. The molecule has 0 heterocycles. The lowest BCUT2D eigenvalue weighted by molar-refractivity contribution is -0.132. The van der Waals surface area contributed by atoms with E-state index in [4.69, 9.17) is 11.6 Å². The molecule has 0 fully saturated rings. The Morgan fingerprint density at radius 1 is 1.13 bits per heavy atom. The van der Waals surface area contributed by atoms with Crippen LogP contribution in [0.5, 0.6) is 0 Å². The summed E-state index contributed by atoms with van der Waals surface area (Å²) in [7, 11) is 0. The molecule has 0 radical (unpaired) electrons. The molecule has 15 heavy (non-hydrogen) atoms. The third-order valence-corrected chi connectivity index (χ3v) is 2.32. The fraction of sp³-hybridized carbons (Fsp3) is 0.333. The van der Waals surface area contributed by atoms with Crippen molar-refractivity contribution in [2.45, 2.75) is 18.5 Å². The second-order valence-corrected chi connectivity index (χ2v) is 3.46. The van der Waals surface area contributed by atoms with E-state index >= 15 is 0 Å². The Hall–Kier alpha value is -0.840. The molecule has 0 aliphatic rings. The number of aryl methyl sites for hydroxylation is 1. The van der Waals surface area contributed by atoms with Gasteiger partial charge in [-0.3, -0.25) is 0 Å². The Balaban J connectivity index is 3.21. The van der Waals surface area contributed by atoms with Crippen LogP contribution in [0.4, 0.5) is 22.0 Å². The number of hydrogen-bond donors (Lipinski definition) is 0. The van der Waals surface area contributed by atoms with E-state index in [1.807, 2.05) is 0 Å². The fourth-order valence-electron chi connectivity index (χ4n) is 1.03. The van der Waals surface area contributed by atoms with E-state index in [-0.39, 0.29) is 5.56 Å².